The molecule has 0 aromatic carbocycles. The van der Waals surface area contributed by atoms with Crippen LogP contribution >= 0.6 is 0 Å². The van der Waals surface area contributed by atoms with Crippen molar-refractivity contribution in [2.24, 2.45) is 35.5 Å². The Kier molecular flexibility index (Phi) is 14.9. The van der Waals surface area contributed by atoms with Crippen molar-refractivity contribution in [2.45, 2.75) is 26.1 Å². The zero-order valence-electron chi connectivity index (χ0n) is 19.0. The molecular formula is C24H26O8W3. The normalized spacial score (nSPS) is 34.8. The number of carbonyl (C=O) groups is 4. The van der Waals surface area contributed by atoms with Crippen molar-refractivity contribution in [2.75, 3.05) is 0 Å². The molecule has 5 aliphatic rings. The SMILES string of the molecule is CC1[CH-]C(O)C2[CH-]C1C(=O)O2.CC1[CH-]C=C[CH-]C1C(=O)O.O=C1OC(=O)C2[CH-]C=C[CH-]C12.[W+2].[W+2].[W+2]. The summed E-state index contributed by atoms with van der Waals surface area (Å²) in [6, 6.07) is 0. The molecule has 0 aromatic rings. The standard InChI is InChI=1S/C8H10O3.C8H6O3.C8H10O2.3W/c1-4-2-6(9)7-3-5(4)8(10)11-7;9-7-5-3-1-2-4-6(5)8(10)11-7;1-6-4-2-3-5-7(6)8(9)10;;;/h2-7,9H,1H3;1-6H;2-7H,1H3,(H,9,10);;;/q3*-2;3*+2. The molecule has 2 bridgehead atoms. The van der Waals surface area contributed by atoms with Crippen LogP contribution in [0.5, 0.6) is 0 Å². The van der Waals surface area contributed by atoms with Crippen LogP contribution in [0.4, 0.5) is 0 Å². The Morgan fingerprint density at radius 2 is 1.29 bits per heavy atom. The van der Waals surface area contributed by atoms with E-state index in [0.29, 0.717) is 0 Å². The number of ether oxygens (including phenoxy) is 2. The molecule has 5 rings (SSSR count). The van der Waals surface area contributed by atoms with Crippen LogP contribution in [0.15, 0.2) is 24.3 Å². The largest absolute Gasteiger partial charge is 2.00 e. The molecule has 2 N–H and O–H groups in total. The maximum atomic E-state index is 11.0. The van der Waals surface area contributed by atoms with E-state index in [4.69, 9.17) is 9.84 Å². The van der Waals surface area contributed by atoms with Crippen LogP contribution in [0.1, 0.15) is 13.8 Å². The van der Waals surface area contributed by atoms with Crippen molar-refractivity contribution in [1.29, 1.82) is 0 Å². The number of allylic oxidation sites excluding steroid dienone is 4. The van der Waals surface area contributed by atoms with Crippen LogP contribution in [-0.4, -0.2) is 46.3 Å². The topological polar surface area (TPSA) is 127 Å². The Bertz CT molecular complexity index is 791. The van der Waals surface area contributed by atoms with Crippen LogP contribution in [0, 0.1) is 74.0 Å². The first-order chi connectivity index (χ1) is 15.2. The van der Waals surface area contributed by atoms with E-state index < -0.39 is 24.0 Å². The summed E-state index contributed by atoms with van der Waals surface area (Å²) in [5.74, 6) is -2.75. The number of esters is 3. The molecule has 2 saturated heterocycles. The molecule has 2 aliphatic heterocycles. The van der Waals surface area contributed by atoms with Gasteiger partial charge in [-0.25, -0.2) is 0 Å². The van der Waals surface area contributed by atoms with Gasteiger partial charge in [0.05, 0.1) is 0 Å². The van der Waals surface area contributed by atoms with Crippen LogP contribution in [-0.2, 0) is 91.8 Å². The van der Waals surface area contributed by atoms with Gasteiger partial charge >= 0.3 is 75.1 Å². The van der Waals surface area contributed by atoms with Crippen molar-refractivity contribution in [3.05, 3.63) is 62.8 Å². The van der Waals surface area contributed by atoms with E-state index in [1.54, 1.807) is 50.3 Å². The van der Waals surface area contributed by atoms with E-state index in [0.717, 1.165) is 0 Å². The molecule has 1 saturated carbocycles. The van der Waals surface area contributed by atoms with Crippen molar-refractivity contribution < 1.29 is 102 Å². The minimum absolute atomic E-state index is 0. The molecule has 2 heterocycles. The fourth-order valence-corrected chi connectivity index (χ4v) is 3.97. The van der Waals surface area contributed by atoms with E-state index >= 15 is 0 Å². The number of rotatable bonds is 1. The average molecular weight is 994 g/mol. The summed E-state index contributed by atoms with van der Waals surface area (Å²) in [4.78, 5) is 43.3. The van der Waals surface area contributed by atoms with Crippen LogP contribution in [0.25, 0.3) is 0 Å². The molecule has 8 atom stereocenters. The third-order valence-corrected chi connectivity index (χ3v) is 5.90. The minimum atomic E-state index is -0.742. The molecular weight excluding hydrogens is 968 g/mol. The summed E-state index contributed by atoms with van der Waals surface area (Å²) in [7, 11) is 0. The minimum Gasteiger partial charge on any atom is -0.497 e. The number of carboxylic acid groups (broad SMARTS) is 1. The van der Waals surface area contributed by atoms with Gasteiger partial charge in [0.15, 0.2) is 0 Å². The molecule has 11 heteroatoms. The smallest absolute Gasteiger partial charge is 0.497 e. The number of aliphatic hydroxyl groups is 1. The maximum Gasteiger partial charge on any atom is 2.00 e. The van der Waals surface area contributed by atoms with Gasteiger partial charge in [0.2, 0.25) is 0 Å². The predicted molar refractivity (Wildman–Crippen MR) is 111 cm³/mol. The van der Waals surface area contributed by atoms with Crippen molar-refractivity contribution >= 4 is 23.9 Å². The molecule has 0 aromatic heterocycles. The maximum absolute atomic E-state index is 11.0. The fourth-order valence-electron chi connectivity index (χ4n) is 3.97. The van der Waals surface area contributed by atoms with Crippen molar-refractivity contribution in [3.8, 4) is 0 Å². The quantitative estimate of drug-likeness (QED) is 0.231. The van der Waals surface area contributed by atoms with E-state index in [9.17, 15) is 24.3 Å². The Balaban J connectivity index is 0.000000476. The molecule has 35 heavy (non-hydrogen) atoms. The number of fused-ring (bicyclic) bond motifs is 3. The van der Waals surface area contributed by atoms with Gasteiger partial charge in [-0.15, -0.1) is 5.92 Å². The number of cyclic esters (lactones) is 2. The molecule has 188 valence electrons. The molecule has 3 fully saturated rings. The Labute approximate surface area is 248 Å². The van der Waals surface area contributed by atoms with E-state index in [1.807, 2.05) is 26.3 Å². The van der Waals surface area contributed by atoms with Gasteiger partial charge in [-0.2, -0.15) is 5.92 Å². The molecule has 3 aliphatic carbocycles. The van der Waals surface area contributed by atoms with E-state index in [1.165, 1.54) is 0 Å². The number of carbonyl (C=O) groups excluding carboxylic acids is 3. The van der Waals surface area contributed by atoms with Gasteiger partial charge in [0.25, 0.3) is 11.9 Å². The summed E-state index contributed by atoms with van der Waals surface area (Å²) in [5, 5.41) is 17.9. The van der Waals surface area contributed by atoms with Crippen LogP contribution < -0.4 is 0 Å². The Morgan fingerprint density at radius 3 is 1.77 bits per heavy atom. The van der Waals surface area contributed by atoms with Gasteiger partial charge in [0.1, 0.15) is 0 Å². The molecule has 8 unspecified atom stereocenters. The fraction of sp³-hybridized carbons (Fsp3) is 0.417. The second kappa shape index (κ2) is 15.3. The first-order valence-corrected chi connectivity index (χ1v) is 10.5. The predicted octanol–water partition coefficient (Wildman–Crippen LogP) is 1.52. The second-order valence-electron chi connectivity index (χ2n) is 8.22. The second-order valence-corrected chi connectivity index (χ2v) is 8.22. The van der Waals surface area contributed by atoms with Gasteiger partial charge in [-0.3, -0.25) is 44.9 Å². The van der Waals surface area contributed by atoms with Gasteiger partial charge < -0.3 is 56.8 Å². The molecule has 0 spiro atoms. The summed E-state index contributed by atoms with van der Waals surface area (Å²) >= 11 is 0. The number of hydrogen-bond acceptors (Lipinski definition) is 7. The van der Waals surface area contributed by atoms with Gasteiger partial charge in [0, 0.05) is 0 Å². The first kappa shape index (κ1) is 34.1. The average Bonchev–Trinajstić information content (AvgIpc) is 3.26. The number of aliphatic carboxylic acids is 1. The summed E-state index contributed by atoms with van der Waals surface area (Å²) < 4.78 is 9.32. The third kappa shape index (κ3) is 8.56. The Morgan fingerprint density at radius 1 is 0.771 bits per heavy atom. The zero-order valence-corrected chi connectivity index (χ0v) is 27.8. The Hall–Kier alpha value is -0.935. The van der Waals surface area contributed by atoms with Gasteiger partial charge in [-0.05, 0) is 23.9 Å². The van der Waals surface area contributed by atoms with Crippen LogP contribution in [0.3, 0.4) is 0 Å². The monoisotopic (exact) mass is 994 g/mol. The number of hydrogen-bond donors (Lipinski definition) is 2. The number of aliphatic hydroxyl groups excluding tert-OH is 1. The molecule has 8 nitrogen and oxygen atoms in total. The molecule has 0 radical (unpaired) electrons. The number of carboxylic acids is 1. The van der Waals surface area contributed by atoms with E-state index in [2.05, 4.69) is 4.74 Å². The van der Waals surface area contributed by atoms with Crippen molar-refractivity contribution in [3.63, 3.8) is 0 Å². The summed E-state index contributed by atoms with van der Waals surface area (Å²) in [6.07, 6.45) is 16.7. The first-order valence-electron chi connectivity index (χ1n) is 10.5. The van der Waals surface area contributed by atoms with Crippen LogP contribution in [0.2, 0.25) is 0 Å². The van der Waals surface area contributed by atoms with E-state index in [-0.39, 0.29) is 111 Å². The third-order valence-electron chi connectivity index (χ3n) is 5.90. The van der Waals surface area contributed by atoms with Crippen molar-refractivity contribution in [1.82, 2.24) is 0 Å². The summed E-state index contributed by atoms with van der Waals surface area (Å²) in [6.45, 7) is 3.81. The summed E-state index contributed by atoms with van der Waals surface area (Å²) in [5.41, 5.74) is 0. The zero-order chi connectivity index (χ0) is 23.4. The molecule has 0 amide bonds. The van der Waals surface area contributed by atoms with Gasteiger partial charge in [-0.1, -0.05) is 25.9 Å².